The van der Waals surface area contributed by atoms with Crippen molar-refractivity contribution in [1.82, 2.24) is 10.7 Å². The quantitative estimate of drug-likeness (QED) is 0.183. The number of benzene rings is 3. The first-order chi connectivity index (χ1) is 17.9. The van der Waals surface area contributed by atoms with Crippen molar-refractivity contribution in [3.63, 3.8) is 0 Å². The Morgan fingerprint density at radius 1 is 0.919 bits per heavy atom. The van der Waals surface area contributed by atoms with Crippen LogP contribution in [0.4, 0.5) is 5.69 Å². The number of hydrogen-bond acceptors (Lipinski definition) is 5. The molecule has 0 aliphatic carbocycles. The Kier molecular flexibility index (Phi) is 8.18. The second kappa shape index (κ2) is 11.9. The molecule has 0 saturated heterocycles. The molecule has 7 nitrogen and oxygen atoms in total. The maximum atomic E-state index is 13.0. The summed E-state index contributed by atoms with van der Waals surface area (Å²) in [5.41, 5.74) is 5.50. The van der Waals surface area contributed by atoms with E-state index < -0.39 is 11.8 Å². The molecule has 3 aromatic carbocycles. The average Bonchev–Trinajstić information content (AvgIpc) is 3.38. The topological polar surface area (TPSA) is 86.9 Å². The van der Waals surface area contributed by atoms with Gasteiger partial charge in [-0.05, 0) is 60.2 Å². The van der Waals surface area contributed by atoms with Crippen LogP contribution in [0.3, 0.4) is 0 Å². The number of furan rings is 1. The lowest BCUT2D eigenvalue weighted by Gasteiger charge is -2.12. The zero-order valence-corrected chi connectivity index (χ0v) is 21.1. The van der Waals surface area contributed by atoms with Gasteiger partial charge in [0.25, 0.3) is 11.8 Å². The second-order valence-corrected chi connectivity index (χ2v) is 8.71. The van der Waals surface area contributed by atoms with Crippen molar-refractivity contribution in [1.29, 1.82) is 0 Å². The summed E-state index contributed by atoms with van der Waals surface area (Å²) >= 11 is 6.05. The molecule has 0 saturated carbocycles. The van der Waals surface area contributed by atoms with Crippen LogP contribution in [0.5, 0.6) is 0 Å². The predicted molar refractivity (Wildman–Crippen MR) is 148 cm³/mol. The number of anilines is 1. The monoisotopic (exact) mass is 512 g/mol. The maximum absolute atomic E-state index is 13.0. The lowest BCUT2D eigenvalue weighted by atomic mass is 10.1. The van der Waals surface area contributed by atoms with Gasteiger partial charge >= 0.3 is 0 Å². The molecule has 2 N–H and O–H groups in total. The van der Waals surface area contributed by atoms with Gasteiger partial charge in [-0.25, -0.2) is 5.43 Å². The third-order valence-corrected chi connectivity index (χ3v) is 5.58. The lowest BCUT2D eigenvalue weighted by molar-refractivity contribution is -0.117. The summed E-state index contributed by atoms with van der Waals surface area (Å²) in [4.78, 5) is 27.7. The Morgan fingerprint density at radius 3 is 2.38 bits per heavy atom. The smallest absolute Gasteiger partial charge is 0.287 e. The third-order valence-electron chi connectivity index (χ3n) is 5.34. The Bertz CT molecular complexity index is 1440. The SMILES string of the molecule is CN(C)c1ccc(/C=C(\NC(=O)c2ccccc2)C(=O)N/N=C\c2ccc(-c3cccc(Cl)c3)o2)cc1. The van der Waals surface area contributed by atoms with E-state index in [1.165, 1.54) is 6.21 Å². The summed E-state index contributed by atoms with van der Waals surface area (Å²) in [6, 6.07) is 27.0. The number of carbonyl (C=O) groups excluding carboxylic acids is 2. The largest absolute Gasteiger partial charge is 0.455 e. The van der Waals surface area contributed by atoms with Gasteiger partial charge in [-0.2, -0.15) is 5.10 Å². The molecule has 4 rings (SSSR count). The molecule has 1 aromatic heterocycles. The summed E-state index contributed by atoms with van der Waals surface area (Å²) in [6.45, 7) is 0. The van der Waals surface area contributed by atoms with Crippen LogP contribution in [0.25, 0.3) is 17.4 Å². The highest BCUT2D eigenvalue weighted by Gasteiger charge is 2.14. The molecule has 0 aliphatic rings. The molecule has 0 spiro atoms. The van der Waals surface area contributed by atoms with Crippen molar-refractivity contribution in [2.45, 2.75) is 0 Å². The summed E-state index contributed by atoms with van der Waals surface area (Å²) < 4.78 is 5.77. The van der Waals surface area contributed by atoms with Gasteiger partial charge in [-0.1, -0.05) is 54.1 Å². The maximum Gasteiger partial charge on any atom is 0.287 e. The molecule has 37 heavy (non-hydrogen) atoms. The molecule has 186 valence electrons. The van der Waals surface area contributed by atoms with E-state index in [9.17, 15) is 9.59 Å². The van der Waals surface area contributed by atoms with Gasteiger partial charge < -0.3 is 14.6 Å². The zero-order chi connectivity index (χ0) is 26.2. The second-order valence-electron chi connectivity index (χ2n) is 8.28. The minimum Gasteiger partial charge on any atom is -0.455 e. The highest BCUT2D eigenvalue weighted by Crippen LogP contribution is 2.24. The lowest BCUT2D eigenvalue weighted by Crippen LogP contribution is -2.32. The Balaban J connectivity index is 1.50. The van der Waals surface area contributed by atoms with Crippen molar-refractivity contribution >= 4 is 41.4 Å². The van der Waals surface area contributed by atoms with Crippen LogP contribution in [0.1, 0.15) is 21.7 Å². The van der Waals surface area contributed by atoms with Crippen LogP contribution in [-0.2, 0) is 4.79 Å². The Labute approximate surface area is 220 Å². The van der Waals surface area contributed by atoms with Crippen molar-refractivity contribution < 1.29 is 14.0 Å². The summed E-state index contributed by atoms with van der Waals surface area (Å²) in [6.07, 6.45) is 2.98. The summed E-state index contributed by atoms with van der Waals surface area (Å²) in [7, 11) is 3.89. The first-order valence-electron chi connectivity index (χ1n) is 11.4. The standard InChI is InChI=1S/C29H25ClN4O3/c1-34(2)24-13-11-20(12-14-24)17-26(32-28(35)21-7-4-3-5-8-21)29(36)33-31-19-25-15-16-27(37-25)22-9-6-10-23(30)18-22/h3-19H,1-2H3,(H,32,35)(H,33,36)/b26-17-,31-19-. The molecule has 2 amide bonds. The Hall–Kier alpha value is -4.62. The highest BCUT2D eigenvalue weighted by atomic mass is 35.5. The number of hydrazone groups is 1. The number of hydrogen-bond donors (Lipinski definition) is 2. The van der Waals surface area contributed by atoms with Gasteiger partial charge in [0, 0.05) is 35.9 Å². The molecule has 0 radical (unpaired) electrons. The van der Waals surface area contributed by atoms with E-state index in [1.54, 1.807) is 54.6 Å². The van der Waals surface area contributed by atoms with Gasteiger partial charge in [0.2, 0.25) is 0 Å². The fourth-order valence-electron chi connectivity index (χ4n) is 3.41. The number of halogens is 1. The van der Waals surface area contributed by atoms with Gasteiger partial charge in [0.15, 0.2) is 0 Å². The van der Waals surface area contributed by atoms with E-state index in [1.807, 2.05) is 61.5 Å². The predicted octanol–water partition coefficient (Wildman–Crippen LogP) is 5.59. The normalized spacial score (nSPS) is 11.4. The van der Waals surface area contributed by atoms with Crippen molar-refractivity contribution in [2.75, 3.05) is 19.0 Å². The minimum absolute atomic E-state index is 0.0441. The van der Waals surface area contributed by atoms with Crippen LogP contribution >= 0.6 is 11.6 Å². The molecular weight excluding hydrogens is 488 g/mol. The molecule has 0 bridgehead atoms. The van der Waals surface area contributed by atoms with Gasteiger partial charge in [-0.15, -0.1) is 0 Å². The van der Waals surface area contributed by atoms with Crippen LogP contribution in [0.2, 0.25) is 5.02 Å². The molecular formula is C29H25ClN4O3. The highest BCUT2D eigenvalue weighted by molar-refractivity contribution is 6.30. The van der Waals surface area contributed by atoms with Crippen molar-refractivity contribution in [3.8, 4) is 11.3 Å². The summed E-state index contributed by atoms with van der Waals surface area (Å²) in [5.74, 6) is 0.0625. The molecule has 0 atom stereocenters. The van der Waals surface area contributed by atoms with Gasteiger partial charge in [0.05, 0.1) is 6.21 Å². The first-order valence-corrected chi connectivity index (χ1v) is 11.8. The number of amides is 2. The zero-order valence-electron chi connectivity index (χ0n) is 20.3. The minimum atomic E-state index is -0.584. The molecule has 0 fully saturated rings. The van der Waals surface area contributed by atoms with Crippen molar-refractivity contribution in [3.05, 3.63) is 119 Å². The molecule has 4 aromatic rings. The van der Waals surface area contributed by atoms with E-state index in [2.05, 4.69) is 15.8 Å². The first kappa shape index (κ1) is 25.5. The fourth-order valence-corrected chi connectivity index (χ4v) is 3.60. The van der Waals surface area contributed by atoms with Crippen molar-refractivity contribution in [2.24, 2.45) is 5.10 Å². The van der Waals surface area contributed by atoms with E-state index in [0.717, 1.165) is 16.8 Å². The fraction of sp³-hybridized carbons (Fsp3) is 0.0690. The van der Waals surface area contributed by atoms with Crippen LogP contribution in [-0.4, -0.2) is 32.1 Å². The van der Waals surface area contributed by atoms with E-state index >= 15 is 0 Å². The van der Waals surface area contributed by atoms with Crippen LogP contribution < -0.4 is 15.6 Å². The van der Waals surface area contributed by atoms with E-state index in [4.69, 9.17) is 16.0 Å². The third kappa shape index (κ3) is 6.96. The van der Waals surface area contributed by atoms with E-state index in [0.29, 0.717) is 22.1 Å². The number of carbonyl (C=O) groups is 2. The van der Waals surface area contributed by atoms with Crippen LogP contribution in [0, 0.1) is 0 Å². The number of rotatable bonds is 8. The molecule has 1 heterocycles. The number of nitrogens with one attached hydrogen (secondary N) is 2. The Morgan fingerprint density at radius 2 is 1.68 bits per heavy atom. The average molecular weight is 513 g/mol. The van der Waals surface area contributed by atoms with Gasteiger partial charge in [0.1, 0.15) is 17.2 Å². The van der Waals surface area contributed by atoms with Gasteiger partial charge in [-0.3, -0.25) is 9.59 Å². The van der Waals surface area contributed by atoms with Crippen LogP contribution in [0.15, 0.2) is 106 Å². The molecule has 0 aliphatic heterocycles. The molecule has 0 unspecified atom stereocenters. The van der Waals surface area contributed by atoms with E-state index in [-0.39, 0.29) is 5.70 Å². The number of nitrogens with zero attached hydrogens (tertiary/aromatic N) is 2. The summed E-state index contributed by atoms with van der Waals surface area (Å²) in [5, 5.41) is 7.29. The molecule has 8 heteroatoms.